The molecule has 0 spiro atoms. The first-order valence-corrected chi connectivity index (χ1v) is 5.20. The molecular formula is C10H15ClO4. The quantitative estimate of drug-likeness (QED) is 0.401. The zero-order valence-electron chi connectivity index (χ0n) is 8.92. The van der Waals surface area contributed by atoms with E-state index < -0.39 is 11.9 Å². The van der Waals surface area contributed by atoms with Crippen LogP contribution in [0.2, 0.25) is 0 Å². The van der Waals surface area contributed by atoms with E-state index in [0.717, 1.165) is 18.9 Å². The molecule has 0 aromatic carbocycles. The highest BCUT2D eigenvalue weighted by Crippen LogP contribution is 2.04. The van der Waals surface area contributed by atoms with Gasteiger partial charge in [-0.05, 0) is 13.3 Å². The minimum Gasteiger partial charge on any atom is -0.462 e. The Kier molecular flexibility index (Phi) is 7.72. The molecule has 0 N–H and O–H groups in total. The molecule has 0 saturated carbocycles. The van der Waals surface area contributed by atoms with Gasteiger partial charge in [0.25, 0.3) is 0 Å². The van der Waals surface area contributed by atoms with Crippen molar-refractivity contribution >= 4 is 23.5 Å². The van der Waals surface area contributed by atoms with Crippen LogP contribution in [0.3, 0.4) is 0 Å². The van der Waals surface area contributed by atoms with Crippen LogP contribution in [0.25, 0.3) is 0 Å². The zero-order valence-corrected chi connectivity index (χ0v) is 9.67. The number of hydrogen-bond donors (Lipinski definition) is 0. The molecule has 15 heavy (non-hydrogen) atoms. The first-order chi connectivity index (χ1) is 7.11. The highest BCUT2D eigenvalue weighted by Gasteiger charge is 2.09. The zero-order chi connectivity index (χ0) is 11.7. The maximum absolute atomic E-state index is 11.0. The molecule has 86 valence electrons. The Morgan fingerprint density at radius 3 is 2.47 bits per heavy atom. The van der Waals surface area contributed by atoms with Gasteiger partial charge in [0.05, 0.1) is 13.2 Å². The molecular weight excluding hydrogens is 220 g/mol. The van der Waals surface area contributed by atoms with Crippen LogP contribution in [0.5, 0.6) is 0 Å². The number of rotatable bonds is 6. The summed E-state index contributed by atoms with van der Waals surface area (Å²) in [4.78, 5) is 22.0. The first-order valence-electron chi connectivity index (χ1n) is 4.82. The Morgan fingerprint density at radius 1 is 1.27 bits per heavy atom. The second-order valence-corrected chi connectivity index (χ2v) is 3.14. The minimum atomic E-state index is -0.716. The van der Waals surface area contributed by atoms with Crippen molar-refractivity contribution in [1.29, 1.82) is 0 Å². The Labute approximate surface area is 94.2 Å². The van der Waals surface area contributed by atoms with Crippen LogP contribution in [0.4, 0.5) is 0 Å². The highest BCUT2D eigenvalue weighted by molar-refractivity contribution is 6.42. The van der Waals surface area contributed by atoms with Crippen LogP contribution in [0.15, 0.2) is 11.1 Å². The predicted molar refractivity (Wildman–Crippen MR) is 56.4 cm³/mol. The van der Waals surface area contributed by atoms with Crippen molar-refractivity contribution in [2.45, 2.75) is 26.7 Å². The van der Waals surface area contributed by atoms with E-state index in [1.165, 1.54) is 0 Å². The van der Waals surface area contributed by atoms with E-state index >= 15 is 0 Å². The van der Waals surface area contributed by atoms with Gasteiger partial charge in [-0.15, -0.1) is 0 Å². The van der Waals surface area contributed by atoms with Gasteiger partial charge >= 0.3 is 11.9 Å². The number of hydrogen-bond acceptors (Lipinski definition) is 4. The molecule has 0 heterocycles. The number of esters is 2. The summed E-state index contributed by atoms with van der Waals surface area (Å²) in [5.41, 5.74) is 0. The third-order valence-electron chi connectivity index (χ3n) is 1.46. The molecule has 0 aromatic rings. The van der Waals surface area contributed by atoms with E-state index in [-0.39, 0.29) is 11.6 Å². The summed E-state index contributed by atoms with van der Waals surface area (Å²) < 4.78 is 9.36. The average Bonchev–Trinajstić information content (AvgIpc) is 2.18. The molecule has 0 amide bonds. The van der Waals surface area contributed by atoms with Crippen molar-refractivity contribution in [2.24, 2.45) is 0 Å². The molecule has 0 aliphatic heterocycles. The monoisotopic (exact) mass is 234 g/mol. The van der Waals surface area contributed by atoms with Crippen molar-refractivity contribution in [1.82, 2.24) is 0 Å². The van der Waals surface area contributed by atoms with Crippen LogP contribution >= 0.6 is 11.6 Å². The van der Waals surface area contributed by atoms with Gasteiger partial charge < -0.3 is 9.47 Å². The summed E-state index contributed by atoms with van der Waals surface area (Å²) in [6, 6.07) is 0. The van der Waals surface area contributed by atoms with E-state index in [9.17, 15) is 9.59 Å². The molecule has 0 aliphatic carbocycles. The SMILES string of the molecule is CCCCOC(=O)/C=C(/Cl)C(=O)OCC. The summed E-state index contributed by atoms with van der Waals surface area (Å²) in [5.74, 6) is -1.34. The molecule has 0 aliphatic rings. The fraction of sp³-hybridized carbons (Fsp3) is 0.600. The lowest BCUT2D eigenvalue weighted by Gasteiger charge is -2.01. The summed E-state index contributed by atoms with van der Waals surface area (Å²) in [5, 5.41) is -0.265. The summed E-state index contributed by atoms with van der Waals surface area (Å²) in [6.45, 7) is 4.18. The third-order valence-corrected chi connectivity index (χ3v) is 1.72. The molecule has 0 aromatic heterocycles. The Bertz CT molecular complexity index is 248. The largest absolute Gasteiger partial charge is 0.462 e. The maximum Gasteiger partial charge on any atom is 0.350 e. The number of carbonyl (C=O) groups is 2. The van der Waals surface area contributed by atoms with E-state index in [0.29, 0.717) is 6.61 Å². The van der Waals surface area contributed by atoms with Crippen molar-refractivity contribution in [3.63, 3.8) is 0 Å². The summed E-state index contributed by atoms with van der Waals surface area (Å²) >= 11 is 5.50. The Balaban J connectivity index is 3.99. The number of unbranched alkanes of at least 4 members (excludes halogenated alkanes) is 1. The topological polar surface area (TPSA) is 52.6 Å². The second-order valence-electron chi connectivity index (χ2n) is 2.73. The van der Waals surface area contributed by atoms with E-state index in [1.807, 2.05) is 6.92 Å². The van der Waals surface area contributed by atoms with E-state index in [2.05, 4.69) is 4.74 Å². The standard InChI is InChI=1S/C10H15ClO4/c1-3-5-6-15-9(12)7-8(11)10(13)14-4-2/h7H,3-6H2,1-2H3/b8-7+. The average molecular weight is 235 g/mol. The van der Waals surface area contributed by atoms with Gasteiger partial charge in [0.1, 0.15) is 5.03 Å². The molecule has 0 atom stereocenters. The van der Waals surface area contributed by atoms with Crippen molar-refractivity contribution < 1.29 is 19.1 Å². The van der Waals surface area contributed by atoms with Crippen molar-refractivity contribution in [3.8, 4) is 0 Å². The smallest absolute Gasteiger partial charge is 0.350 e. The van der Waals surface area contributed by atoms with Crippen LogP contribution in [0.1, 0.15) is 26.7 Å². The highest BCUT2D eigenvalue weighted by atomic mass is 35.5. The van der Waals surface area contributed by atoms with Crippen LogP contribution in [0, 0.1) is 0 Å². The fourth-order valence-electron chi connectivity index (χ4n) is 0.721. The van der Waals surface area contributed by atoms with Gasteiger partial charge in [0, 0.05) is 6.08 Å². The lowest BCUT2D eigenvalue weighted by molar-refractivity contribution is -0.140. The van der Waals surface area contributed by atoms with E-state index in [4.69, 9.17) is 16.3 Å². The first kappa shape index (κ1) is 14.0. The van der Waals surface area contributed by atoms with Crippen LogP contribution in [-0.2, 0) is 19.1 Å². The Morgan fingerprint density at radius 2 is 1.93 bits per heavy atom. The van der Waals surface area contributed by atoms with Gasteiger partial charge in [0.2, 0.25) is 0 Å². The lowest BCUT2D eigenvalue weighted by Crippen LogP contribution is -2.08. The van der Waals surface area contributed by atoms with Gasteiger partial charge in [-0.1, -0.05) is 24.9 Å². The molecule has 4 nitrogen and oxygen atoms in total. The molecule has 0 fully saturated rings. The van der Waals surface area contributed by atoms with E-state index in [1.54, 1.807) is 6.92 Å². The molecule has 0 bridgehead atoms. The number of carbonyl (C=O) groups excluding carboxylic acids is 2. The predicted octanol–water partition coefficient (Wildman–Crippen LogP) is 2.02. The second kappa shape index (κ2) is 8.29. The number of ether oxygens (including phenoxy) is 2. The van der Waals surface area contributed by atoms with Gasteiger partial charge in [-0.25, -0.2) is 9.59 Å². The molecule has 0 saturated heterocycles. The van der Waals surface area contributed by atoms with Crippen molar-refractivity contribution in [2.75, 3.05) is 13.2 Å². The molecule has 5 heteroatoms. The van der Waals surface area contributed by atoms with Crippen molar-refractivity contribution in [3.05, 3.63) is 11.1 Å². The molecule has 0 unspecified atom stereocenters. The van der Waals surface area contributed by atoms with Gasteiger partial charge in [-0.2, -0.15) is 0 Å². The van der Waals surface area contributed by atoms with Gasteiger partial charge in [0.15, 0.2) is 0 Å². The summed E-state index contributed by atoms with van der Waals surface area (Å²) in [7, 11) is 0. The minimum absolute atomic E-state index is 0.216. The van der Waals surface area contributed by atoms with Crippen LogP contribution in [-0.4, -0.2) is 25.2 Å². The number of halogens is 1. The van der Waals surface area contributed by atoms with Gasteiger partial charge in [-0.3, -0.25) is 0 Å². The molecule has 0 radical (unpaired) electrons. The molecule has 0 rings (SSSR count). The van der Waals surface area contributed by atoms with Crippen LogP contribution < -0.4 is 0 Å². The normalized spacial score (nSPS) is 11.0. The summed E-state index contributed by atoms with van der Waals surface area (Å²) in [6.07, 6.45) is 2.65. The lowest BCUT2D eigenvalue weighted by atomic mass is 10.4. The Hall–Kier alpha value is -1.03. The third kappa shape index (κ3) is 6.96. The maximum atomic E-state index is 11.0. The fourth-order valence-corrected chi connectivity index (χ4v) is 0.865.